The van der Waals surface area contributed by atoms with Gasteiger partial charge in [0.15, 0.2) is 5.69 Å². The molecule has 2 N–H and O–H groups in total. The fourth-order valence-corrected chi connectivity index (χ4v) is 1.23. The lowest BCUT2D eigenvalue weighted by Gasteiger charge is -2.27. The maximum absolute atomic E-state index is 11.5. The van der Waals surface area contributed by atoms with Crippen LogP contribution in [0.25, 0.3) is 0 Å². The quantitative estimate of drug-likeness (QED) is 0.796. The average molecular weight is 229 g/mol. The third kappa shape index (κ3) is 3.24. The zero-order chi connectivity index (χ0) is 11.5. The van der Waals surface area contributed by atoms with Crippen molar-refractivity contribution in [2.75, 3.05) is 6.54 Å². The number of aliphatic hydroxyl groups is 1. The van der Waals surface area contributed by atoms with Crippen LogP contribution >= 0.6 is 11.7 Å². The highest BCUT2D eigenvalue weighted by Crippen LogP contribution is 2.14. The van der Waals surface area contributed by atoms with E-state index in [1.54, 1.807) is 6.92 Å². The lowest BCUT2D eigenvalue weighted by molar-refractivity contribution is 0.0142. The molecule has 1 atom stereocenters. The van der Waals surface area contributed by atoms with Gasteiger partial charge in [-0.1, -0.05) is 13.8 Å². The number of amides is 1. The first-order valence-electron chi connectivity index (χ1n) is 4.71. The summed E-state index contributed by atoms with van der Waals surface area (Å²) in [5.74, 6) is -0.226. The minimum Gasteiger partial charge on any atom is -0.388 e. The lowest BCUT2D eigenvalue weighted by atomic mass is 9.92. The first-order valence-corrected chi connectivity index (χ1v) is 5.44. The third-order valence-corrected chi connectivity index (χ3v) is 2.92. The van der Waals surface area contributed by atoms with Gasteiger partial charge >= 0.3 is 0 Å². The molecule has 0 bridgehead atoms. The van der Waals surface area contributed by atoms with Gasteiger partial charge in [-0.15, -0.1) is 0 Å². The Morgan fingerprint density at radius 3 is 2.87 bits per heavy atom. The summed E-state index contributed by atoms with van der Waals surface area (Å²) in [5, 5.41) is 12.5. The molecule has 1 amide bonds. The SMILES string of the molecule is CC(C)C(C)(O)CNC(=O)c1cnsn1. The van der Waals surface area contributed by atoms with Gasteiger partial charge in [0, 0.05) is 6.54 Å². The second kappa shape index (κ2) is 4.67. The van der Waals surface area contributed by atoms with Crippen LogP contribution in [0.3, 0.4) is 0 Å². The maximum atomic E-state index is 11.5. The number of rotatable bonds is 4. The molecule has 15 heavy (non-hydrogen) atoms. The summed E-state index contributed by atoms with van der Waals surface area (Å²) in [6, 6.07) is 0. The molecule has 1 rings (SSSR count). The Bertz CT molecular complexity index is 322. The molecule has 0 saturated carbocycles. The van der Waals surface area contributed by atoms with Gasteiger partial charge in [-0.25, -0.2) is 0 Å². The number of hydrogen-bond acceptors (Lipinski definition) is 5. The fraction of sp³-hybridized carbons (Fsp3) is 0.667. The van der Waals surface area contributed by atoms with E-state index in [1.165, 1.54) is 6.20 Å². The van der Waals surface area contributed by atoms with Crippen LogP contribution in [0.15, 0.2) is 6.20 Å². The molecule has 1 heterocycles. The van der Waals surface area contributed by atoms with Crippen LogP contribution < -0.4 is 5.32 Å². The summed E-state index contributed by atoms with van der Waals surface area (Å²) < 4.78 is 7.53. The molecule has 0 spiro atoms. The van der Waals surface area contributed by atoms with Crippen LogP contribution in [0, 0.1) is 5.92 Å². The predicted molar refractivity (Wildman–Crippen MR) is 57.7 cm³/mol. The topological polar surface area (TPSA) is 75.1 Å². The number of carbonyl (C=O) groups is 1. The van der Waals surface area contributed by atoms with Crippen molar-refractivity contribution in [3.05, 3.63) is 11.9 Å². The van der Waals surface area contributed by atoms with Crippen molar-refractivity contribution >= 4 is 17.6 Å². The Morgan fingerprint density at radius 2 is 2.40 bits per heavy atom. The Morgan fingerprint density at radius 1 is 1.73 bits per heavy atom. The zero-order valence-electron chi connectivity index (χ0n) is 9.02. The number of nitrogens with zero attached hydrogens (tertiary/aromatic N) is 2. The normalized spacial score (nSPS) is 15.0. The van der Waals surface area contributed by atoms with Crippen molar-refractivity contribution in [3.63, 3.8) is 0 Å². The molecule has 1 aromatic rings. The van der Waals surface area contributed by atoms with Crippen molar-refractivity contribution in [3.8, 4) is 0 Å². The van der Waals surface area contributed by atoms with Gasteiger partial charge in [0.1, 0.15) is 0 Å². The minimum atomic E-state index is -0.904. The highest BCUT2D eigenvalue weighted by Gasteiger charge is 2.25. The first kappa shape index (κ1) is 12.1. The van der Waals surface area contributed by atoms with Crippen molar-refractivity contribution in [1.82, 2.24) is 14.1 Å². The van der Waals surface area contributed by atoms with E-state index in [2.05, 4.69) is 14.1 Å². The van der Waals surface area contributed by atoms with Crippen LogP contribution in [-0.2, 0) is 0 Å². The van der Waals surface area contributed by atoms with Crippen LogP contribution in [0.1, 0.15) is 31.3 Å². The molecule has 6 heteroatoms. The van der Waals surface area contributed by atoms with Crippen molar-refractivity contribution in [2.45, 2.75) is 26.4 Å². The van der Waals surface area contributed by atoms with Crippen LogP contribution in [0.4, 0.5) is 0 Å². The Hall–Kier alpha value is -1.01. The number of hydrogen-bond donors (Lipinski definition) is 2. The van der Waals surface area contributed by atoms with E-state index in [0.29, 0.717) is 5.69 Å². The van der Waals surface area contributed by atoms with E-state index in [1.807, 2.05) is 13.8 Å². The van der Waals surface area contributed by atoms with E-state index >= 15 is 0 Å². The summed E-state index contributed by atoms with van der Waals surface area (Å²) in [5.41, 5.74) is -0.612. The van der Waals surface area contributed by atoms with E-state index in [9.17, 15) is 9.90 Å². The van der Waals surface area contributed by atoms with Gasteiger partial charge in [0.05, 0.1) is 23.5 Å². The summed E-state index contributed by atoms with van der Waals surface area (Å²) >= 11 is 0.984. The molecule has 0 radical (unpaired) electrons. The van der Waals surface area contributed by atoms with Gasteiger partial charge < -0.3 is 10.4 Å². The number of carbonyl (C=O) groups excluding carboxylic acids is 1. The third-order valence-electron chi connectivity index (χ3n) is 2.44. The Labute approximate surface area is 92.9 Å². The van der Waals surface area contributed by atoms with Crippen LogP contribution in [-0.4, -0.2) is 31.9 Å². The molecule has 0 fully saturated rings. The minimum absolute atomic E-state index is 0.0753. The Balaban J connectivity index is 2.48. The largest absolute Gasteiger partial charge is 0.388 e. The van der Waals surface area contributed by atoms with E-state index < -0.39 is 5.60 Å². The maximum Gasteiger partial charge on any atom is 0.272 e. The van der Waals surface area contributed by atoms with Gasteiger partial charge in [-0.3, -0.25) is 4.79 Å². The molecule has 0 aliphatic rings. The summed E-state index contributed by atoms with van der Waals surface area (Å²) in [6.07, 6.45) is 1.41. The van der Waals surface area contributed by atoms with Crippen molar-refractivity contribution in [1.29, 1.82) is 0 Å². The average Bonchev–Trinajstić information content (AvgIpc) is 2.66. The highest BCUT2D eigenvalue weighted by molar-refractivity contribution is 6.99. The van der Waals surface area contributed by atoms with E-state index in [0.717, 1.165) is 11.7 Å². The van der Waals surface area contributed by atoms with Gasteiger partial charge in [-0.05, 0) is 12.8 Å². The van der Waals surface area contributed by atoms with Crippen LogP contribution in [0.2, 0.25) is 0 Å². The molecule has 1 unspecified atom stereocenters. The first-order chi connectivity index (χ1) is 6.93. The van der Waals surface area contributed by atoms with Crippen molar-refractivity contribution in [2.24, 2.45) is 5.92 Å². The second-order valence-electron chi connectivity index (χ2n) is 3.99. The van der Waals surface area contributed by atoms with Gasteiger partial charge in [-0.2, -0.15) is 8.75 Å². The molecular formula is C9H15N3O2S. The molecular weight excluding hydrogens is 214 g/mol. The summed E-state index contributed by atoms with van der Waals surface area (Å²) in [4.78, 5) is 11.5. The van der Waals surface area contributed by atoms with E-state index in [-0.39, 0.29) is 18.4 Å². The standard InChI is InChI=1S/C9H15N3O2S/c1-6(2)9(3,14)5-10-8(13)7-4-11-15-12-7/h4,6,14H,5H2,1-3H3,(H,10,13). The molecule has 1 aromatic heterocycles. The Kier molecular flexibility index (Phi) is 3.76. The molecule has 0 saturated heterocycles. The fourth-order valence-electron chi connectivity index (χ4n) is 0.819. The molecule has 5 nitrogen and oxygen atoms in total. The van der Waals surface area contributed by atoms with E-state index in [4.69, 9.17) is 0 Å². The monoisotopic (exact) mass is 229 g/mol. The highest BCUT2D eigenvalue weighted by atomic mass is 32.1. The summed E-state index contributed by atoms with van der Waals surface area (Å²) in [7, 11) is 0. The van der Waals surface area contributed by atoms with Gasteiger partial charge in [0.2, 0.25) is 0 Å². The molecule has 0 aromatic carbocycles. The second-order valence-corrected chi connectivity index (χ2v) is 4.54. The summed E-state index contributed by atoms with van der Waals surface area (Å²) in [6.45, 7) is 5.70. The van der Waals surface area contributed by atoms with Gasteiger partial charge in [0.25, 0.3) is 5.91 Å². The molecule has 0 aliphatic carbocycles. The van der Waals surface area contributed by atoms with Crippen LogP contribution in [0.5, 0.6) is 0 Å². The zero-order valence-corrected chi connectivity index (χ0v) is 9.84. The number of nitrogens with one attached hydrogen (secondary N) is 1. The smallest absolute Gasteiger partial charge is 0.272 e. The molecule has 84 valence electrons. The lowest BCUT2D eigenvalue weighted by Crippen LogP contribution is -2.44. The molecule has 0 aliphatic heterocycles. The predicted octanol–water partition coefficient (Wildman–Crippen LogP) is 0.675. The van der Waals surface area contributed by atoms with Crippen molar-refractivity contribution < 1.29 is 9.90 Å². The number of aromatic nitrogens is 2.